The summed E-state index contributed by atoms with van der Waals surface area (Å²) < 4.78 is 5.24. The Morgan fingerprint density at radius 3 is 2.54 bits per heavy atom. The van der Waals surface area contributed by atoms with Crippen molar-refractivity contribution < 1.29 is 14.3 Å². The van der Waals surface area contributed by atoms with Crippen LogP contribution in [0, 0.1) is 0 Å². The molecule has 0 spiro atoms. The summed E-state index contributed by atoms with van der Waals surface area (Å²) in [5, 5.41) is 7.57. The van der Waals surface area contributed by atoms with Crippen molar-refractivity contribution in [1.82, 2.24) is 5.32 Å². The van der Waals surface area contributed by atoms with Gasteiger partial charge >= 0.3 is 0 Å². The fourth-order valence-electron chi connectivity index (χ4n) is 2.88. The molecule has 3 rings (SSSR count). The molecule has 2 N–H and O–H groups in total. The lowest BCUT2D eigenvalue weighted by molar-refractivity contribution is -0.120. The summed E-state index contributed by atoms with van der Waals surface area (Å²) in [6.45, 7) is 0. The van der Waals surface area contributed by atoms with E-state index in [-0.39, 0.29) is 18.2 Å². The first-order valence-corrected chi connectivity index (χ1v) is 8.94. The number of fused-ring (bicyclic) bond motifs is 1. The number of likely N-dealkylation sites (N-methyl/N-ethyl adjacent to an activating group) is 1. The molecule has 0 saturated carbocycles. The van der Waals surface area contributed by atoms with Crippen LogP contribution in [0.1, 0.15) is 11.1 Å². The van der Waals surface area contributed by atoms with Crippen molar-refractivity contribution in [2.45, 2.75) is 6.42 Å². The minimum Gasteiger partial charge on any atom is -0.497 e. The number of hydrogen-bond acceptors (Lipinski definition) is 3. The van der Waals surface area contributed by atoms with Crippen LogP contribution in [-0.2, 0) is 16.0 Å². The molecular formula is C23H22N2O3. The van der Waals surface area contributed by atoms with E-state index in [4.69, 9.17) is 4.74 Å². The maximum absolute atomic E-state index is 12.3. The minimum atomic E-state index is -0.251. The van der Waals surface area contributed by atoms with E-state index in [1.807, 2.05) is 54.6 Å². The van der Waals surface area contributed by atoms with Gasteiger partial charge in [0, 0.05) is 18.8 Å². The topological polar surface area (TPSA) is 67.4 Å². The number of rotatable bonds is 6. The predicted octanol–water partition coefficient (Wildman–Crippen LogP) is 3.79. The average Bonchev–Trinajstić information content (AvgIpc) is 2.73. The van der Waals surface area contributed by atoms with Crippen LogP contribution in [-0.4, -0.2) is 26.0 Å². The predicted molar refractivity (Wildman–Crippen MR) is 112 cm³/mol. The molecule has 0 aliphatic carbocycles. The molecule has 2 amide bonds. The molecule has 5 nitrogen and oxygen atoms in total. The molecule has 0 aliphatic rings. The maximum atomic E-state index is 12.3. The van der Waals surface area contributed by atoms with Gasteiger partial charge in [-0.05, 0) is 52.2 Å². The maximum Gasteiger partial charge on any atom is 0.248 e. The second-order valence-corrected chi connectivity index (χ2v) is 6.30. The lowest BCUT2D eigenvalue weighted by atomic mass is 10.1. The normalized spacial score (nSPS) is 10.8. The van der Waals surface area contributed by atoms with Crippen molar-refractivity contribution >= 4 is 34.4 Å². The summed E-state index contributed by atoms with van der Waals surface area (Å²) in [6, 6.07) is 19.1. The van der Waals surface area contributed by atoms with Crippen LogP contribution in [0.2, 0.25) is 0 Å². The van der Waals surface area contributed by atoms with Crippen molar-refractivity contribution in [2.75, 3.05) is 19.5 Å². The summed E-state index contributed by atoms with van der Waals surface area (Å²) >= 11 is 0. The molecule has 0 aromatic heterocycles. The van der Waals surface area contributed by atoms with Gasteiger partial charge in [0.25, 0.3) is 0 Å². The molecule has 0 heterocycles. The standard InChI is InChI=1S/C23H22N2O3/c1-24-23(27)15-19-5-3-4-6-21(19)25-22(26)12-8-16-7-9-18-14-20(28-2)11-10-17(18)13-16/h3-14H,15H2,1-2H3,(H,24,27)(H,25,26). The van der Waals surface area contributed by atoms with Crippen molar-refractivity contribution in [3.63, 3.8) is 0 Å². The number of nitrogens with one attached hydrogen (secondary N) is 2. The molecular weight excluding hydrogens is 352 g/mol. The van der Waals surface area contributed by atoms with Gasteiger partial charge in [0.05, 0.1) is 13.5 Å². The third kappa shape index (κ3) is 4.76. The molecule has 0 radical (unpaired) electrons. The van der Waals surface area contributed by atoms with Crippen LogP contribution in [0.5, 0.6) is 5.75 Å². The molecule has 3 aromatic carbocycles. The molecule has 142 valence electrons. The van der Waals surface area contributed by atoms with E-state index in [9.17, 15) is 9.59 Å². The number of carbonyl (C=O) groups is 2. The quantitative estimate of drug-likeness (QED) is 0.645. The van der Waals surface area contributed by atoms with Crippen molar-refractivity contribution in [2.24, 2.45) is 0 Å². The molecule has 0 atom stereocenters. The van der Waals surface area contributed by atoms with E-state index < -0.39 is 0 Å². The third-order valence-electron chi connectivity index (χ3n) is 4.40. The van der Waals surface area contributed by atoms with Gasteiger partial charge in [-0.25, -0.2) is 0 Å². The second kappa shape index (κ2) is 8.86. The number of benzene rings is 3. The highest BCUT2D eigenvalue weighted by Crippen LogP contribution is 2.22. The molecule has 0 fully saturated rings. The number of amides is 2. The first-order chi connectivity index (χ1) is 13.6. The minimum absolute atomic E-state index is 0.106. The summed E-state index contributed by atoms with van der Waals surface area (Å²) in [4.78, 5) is 24.0. The molecule has 0 saturated heterocycles. The Kier molecular flexibility index (Phi) is 6.07. The molecule has 0 unspecified atom stereocenters. The summed E-state index contributed by atoms with van der Waals surface area (Å²) in [7, 11) is 3.23. The van der Waals surface area contributed by atoms with Gasteiger partial charge in [0.2, 0.25) is 11.8 Å². The van der Waals surface area contributed by atoms with Crippen molar-refractivity contribution in [3.05, 3.63) is 77.9 Å². The Balaban J connectivity index is 1.72. The number of carbonyl (C=O) groups excluding carboxylic acids is 2. The van der Waals surface area contributed by atoms with E-state index in [0.29, 0.717) is 5.69 Å². The zero-order chi connectivity index (χ0) is 19.9. The van der Waals surface area contributed by atoms with Crippen LogP contribution >= 0.6 is 0 Å². The van der Waals surface area contributed by atoms with Gasteiger partial charge in [-0.1, -0.05) is 36.4 Å². The van der Waals surface area contributed by atoms with Crippen LogP contribution in [0.15, 0.2) is 66.7 Å². The molecule has 0 bridgehead atoms. The summed E-state index contributed by atoms with van der Waals surface area (Å²) in [5.41, 5.74) is 2.32. The number of anilines is 1. The first-order valence-electron chi connectivity index (χ1n) is 8.94. The monoisotopic (exact) mass is 374 g/mol. The summed E-state index contributed by atoms with van der Waals surface area (Å²) in [5.74, 6) is 0.454. The largest absolute Gasteiger partial charge is 0.497 e. The fourth-order valence-corrected chi connectivity index (χ4v) is 2.88. The van der Waals surface area contributed by atoms with Crippen molar-refractivity contribution in [3.8, 4) is 5.75 Å². The molecule has 3 aromatic rings. The van der Waals surface area contributed by atoms with Crippen LogP contribution < -0.4 is 15.4 Å². The Bertz CT molecular complexity index is 1040. The molecule has 28 heavy (non-hydrogen) atoms. The fraction of sp³-hybridized carbons (Fsp3) is 0.130. The number of ether oxygens (including phenoxy) is 1. The number of hydrogen-bond donors (Lipinski definition) is 2. The van der Waals surface area contributed by atoms with Gasteiger partial charge in [-0.15, -0.1) is 0 Å². The summed E-state index contributed by atoms with van der Waals surface area (Å²) in [6.07, 6.45) is 3.46. The van der Waals surface area contributed by atoms with Gasteiger partial charge in [0.1, 0.15) is 5.75 Å². The highest BCUT2D eigenvalue weighted by molar-refractivity contribution is 6.03. The van der Waals surface area contributed by atoms with E-state index in [2.05, 4.69) is 10.6 Å². The lowest BCUT2D eigenvalue weighted by Gasteiger charge is -2.09. The Hall–Kier alpha value is -3.60. The van der Waals surface area contributed by atoms with Gasteiger partial charge in [0.15, 0.2) is 0 Å². The van der Waals surface area contributed by atoms with Crippen molar-refractivity contribution in [1.29, 1.82) is 0 Å². The first kappa shape index (κ1) is 19.2. The van der Waals surface area contributed by atoms with E-state index in [0.717, 1.165) is 27.6 Å². The Morgan fingerprint density at radius 2 is 1.75 bits per heavy atom. The average molecular weight is 374 g/mol. The number of para-hydroxylation sites is 1. The SMILES string of the molecule is CNC(=O)Cc1ccccc1NC(=O)C=Cc1ccc2cc(OC)ccc2c1. The van der Waals surface area contributed by atoms with Gasteiger partial charge in [-0.3, -0.25) is 9.59 Å². The lowest BCUT2D eigenvalue weighted by Crippen LogP contribution is -2.21. The highest BCUT2D eigenvalue weighted by Gasteiger charge is 2.08. The van der Waals surface area contributed by atoms with Gasteiger partial charge in [-0.2, -0.15) is 0 Å². The Labute approximate surface area is 164 Å². The molecule has 0 aliphatic heterocycles. The smallest absolute Gasteiger partial charge is 0.248 e. The third-order valence-corrected chi connectivity index (χ3v) is 4.40. The van der Waals surface area contributed by atoms with E-state index >= 15 is 0 Å². The second-order valence-electron chi connectivity index (χ2n) is 6.30. The van der Waals surface area contributed by atoms with Crippen LogP contribution in [0.3, 0.4) is 0 Å². The molecule has 5 heteroatoms. The van der Waals surface area contributed by atoms with Crippen LogP contribution in [0.4, 0.5) is 5.69 Å². The number of methoxy groups -OCH3 is 1. The van der Waals surface area contributed by atoms with E-state index in [1.165, 1.54) is 6.08 Å². The zero-order valence-electron chi connectivity index (χ0n) is 15.9. The van der Waals surface area contributed by atoms with Gasteiger partial charge < -0.3 is 15.4 Å². The highest BCUT2D eigenvalue weighted by atomic mass is 16.5. The van der Waals surface area contributed by atoms with E-state index in [1.54, 1.807) is 26.3 Å². The zero-order valence-corrected chi connectivity index (χ0v) is 15.9. The van der Waals surface area contributed by atoms with Crippen LogP contribution in [0.25, 0.3) is 16.8 Å². The Morgan fingerprint density at radius 1 is 1.00 bits per heavy atom.